The van der Waals surface area contributed by atoms with Gasteiger partial charge in [0.1, 0.15) is 100 Å². The number of carboxylic acid groups (broad SMARTS) is 1. The maximum atomic E-state index is 15.4. The summed E-state index contributed by atoms with van der Waals surface area (Å²) in [6, 6.07) is 14.2. The molecule has 12 rings (SSSR count). The number of amides is 6. The number of aliphatic hydroxyl groups is 2. The Balaban J connectivity index is 0.929. The van der Waals surface area contributed by atoms with Crippen molar-refractivity contribution in [2.75, 3.05) is 13.2 Å². The van der Waals surface area contributed by atoms with Crippen molar-refractivity contribution in [3.05, 3.63) is 147 Å². The minimum Gasteiger partial charge on any atom is -0.492 e. The van der Waals surface area contributed by atoms with E-state index < -0.39 is 96.0 Å². The average Bonchev–Trinajstić information content (AvgIpc) is 1.63. The number of ether oxygens (including phenoxy) is 1. The molecule has 25 nitrogen and oxygen atoms in total. The number of primary amides is 1. The predicted octanol–water partition coefficient (Wildman–Crippen LogP) is 7.68. The summed E-state index contributed by atoms with van der Waals surface area (Å²) < 4.78 is 5.83. The number of aromatic nitrogens is 7. The van der Waals surface area contributed by atoms with E-state index in [-0.39, 0.29) is 64.4 Å². The second-order valence-corrected chi connectivity index (χ2v) is 28.8. The van der Waals surface area contributed by atoms with Gasteiger partial charge in [0.25, 0.3) is 23.6 Å². The van der Waals surface area contributed by atoms with Gasteiger partial charge >= 0.3 is 5.97 Å². The summed E-state index contributed by atoms with van der Waals surface area (Å²) in [6.07, 6.45) is -0.860. The van der Waals surface area contributed by atoms with Gasteiger partial charge in [-0.1, -0.05) is 49.4 Å². The molecule has 8 atom stereocenters. The van der Waals surface area contributed by atoms with Crippen LogP contribution in [0.5, 0.6) is 5.75 Å². The van der Waals surface area contributed by atoms with Crippen LogP contribution < -0.4 is 37.5 Å². The van der Waals surface area contributed by atoms with Crippen LogP contribution in [0, 0.1) is 18.8 Å². The lowest BCUT2D eigenvalue weighted by Crippen LogP contribution is -2.50. The van der Waals surface area contributed by atoms with Crippen LogP contribution in [0.3, 0.4) is 0 Å². The highest BCUT2D eigenvalue weighted by Crippen LogP contribution is 2.43. The highest BCUT2D eigenvalue weighted by atomic mass is 32.1. The van der Waals surface area contributed by atoms with Crippen LogP contribution in [-0.4, -0.2) is 134 Å². The fourth-order valence-corrected chi connectivity index (χ4v) is 16.7. The first-order valence-corrected chi connectivity index (χ1v) is 35.1. The van der Waals surface area contributed by atoms with Gasteiger partial charge in [-0.3, -0.25) is 33.6 Å². The van der Waals surface area contributed by atoms with Gasteiger partial charge in [-0.2, -0.15) is 0 Å². The van der Waals surface area contributed by atoms with Crippen molar-refractivity contribution in [1.82, 2.24) is 61.1 Å². The smallest absolute Gasteiger partial charge is 0.306 e. The van der Waals surface area contributed by atoms with E-state index in [1.165, 1.54) is 44.3 Å². The molecule has 1 saturated carbocycles. The third kappa shape index (κ3) is 14.4. The molecule has 0 radical (unpaired) electrons. The molecule has 11 N–H and O–H groups in total. The molecule has 486 valence electrons. The van der Waals surface area contributed by atoms with Gasteiger partial charge in [-0.15, -0.1) is 68.0 Å². The molecule has 1 unspecified atom stereocenters. The molecule has 0 spiro atoms. The average molecular weight is 1380 g/mol. The zero-order valence-electron chi connectivity index (χ0n) is 50.5. The Morgan fingerprint density at radius 3 is 2.09 bits per heavy atom. The topological polar surface area (TPSA) is 383 Å². The van der Waals surface area contributed by atoms with Crippen molar-refractivity contribution < 1.29 is 53.6 Å². The van der Waals surface area contributed by atoms with Gasteiger partial charge in [-0.05, 0) is 74.9 Å². The molecule has 2 aromatic carbocycles. The van der Waals surface area contributed by atoms with Crippen LogP contribution in [0.1, 0.15) is 143 Å². The zero-order valence-corrected chi connectivity index (χ0v) is 55.4. The Morgan fingerprint density at radius 2 is 1.35 bits per heavy atom. The lowest BCUT2D eigenvalue weighted by atomic mass is 9.86. The molecule has 9 heterocycles. The molecule has 6 amide bonds. The van der Waals surface area contributed by atoms with Crippen LogP contribution in [0.4, 0.5) is 0 Å². The normalized spacial score (nSPS) is 21.7. The number of hydrogen-bond acceptors (Lipinski definition) is 24. The van der Waals surface area contributed by atoms with Crippen LogP contribution in [0.2, 0.25) is 0 Å². The second kappa shape index (κ2) is 28.1. The molecular formula is C63H62N14O11S6. The number of carbonyl (C=O) groups is 7. The third-order valence-electron chi connectivity index (χ3n) is 16.4. The number of thiazole rings is 6. The summed E-state index contributed by atoms with van der Waals surface area (Å²) in [7, 11) is 0. The Bertz CT molecular complexity index is 4310. The van der Waals surface area contributed by atoms with Crippen molar-refractivity contribution in [3.63, 3.8) is 0 Å². The van der Waals surface area contributed by atoms with Gasteiger partial charge in [0.2, 0.25) is 11.8 Å². The standard InChI is InChI=1S/C63H62N14O11S6/c1-28(64)22-88-35-15-9-31(10-16-35)19-39-62(85)77-21-45(78)29(2)50(77)61-74-44(27-93-61)58-70-40(23-90-58)48-36(17-18-37(67-48)57-72-41(25-91-57)52(81)66-34-13-11-33(12-14-34)63(86)87)56-71-42(24-89-56)53(82)68-38(20-46(65)79)59-76-47(30(3)94-59)55(84)75-49(51(80)32-7-5-4-6-8-32)60-73-43(26-92-60)54(83)69-39/h4-10,15-18,23-29,33-34,38-39,45,49-51,78,80H,11-14,19-22,64H2,1-3H3,(H2,65,79)(H,66,81)(H,68,82)(H,69,83)(H,75,84)(H,86,87)/t28?,29-,33-,34-,38-,39-,45-,49-,50-,51+/m0/s1. The van der Waals surface area contributed by atoms with E-state index >= 15 is 4.79 Å². The first-order valence-electron chi connectivity index (χ1n) is 29.9. The number of carbonyl (C=O) groups excluding carboxylic acids is 6. The molecule has 9 aromatic rings. The number of carboxylic acids is 1. The van der Waals surface area contributed by atoms with E-state index in [1.54, 1.807) is 89.8 Å². The van der Waals surface area contributed by atoms with Crippen molar-refractivity contribution in [3.8, 4) is 49.1 Å². The maximum Gasteiger partial charge on any atom is 0.306 e. The molecule has 31 heteroatoms. The predicted molar refractivity (Wildman–Crippen MR) is 354 cm³/mol. The maximum absolute atomic E-state index is 15.4. The lowest BCUT2D eigenvalue weighted by molar-refractivity contribution is -0.143. The van der Waals surface area contributed by atoms with Crippen molar-refractivity contribution in [2.45, 2.75) is 108 Å². The van der Waals surface area contributed by atoms with Crippen LogP contribution in [-0.2, 0) is 20.8 Å². The summed E-state index contributed by atoms with van der Waals surface area (Å²) in [6.45, 7) is 5.46. The van der Waals surface area contributed by atoms with Gasteiger partial charge in [0.15, 0.2) is 0 Å². The van der Waals surface area contributed by atoms with E-state index in [1.807, 2.05) is 19.2 Å². The monoisotopic (exact) mass is 1380 g/mol. The highest BCUT2D eigenvalue weighted by Gasteiger charge is 2.46. The first kappa shape index (κ1) is 65.4. The Hall–Kier alpha value is -8.66. The zero-order chi connectivity index (χ0) is 66.1. The first-order chi connectivity index (χ1) is 45.2. The van der Waals surface area contributed by atoms with Gasteiger partial charge in [0.05, 0.1) is 36.2 Å². The Kier molecular flexibility index (Phi) is 19.6. The molecule has 7 aromatic heterocycles. The summed E-state index contributed by atoms with van der Waals surface area (Å²) in [4.78, 5) is 133. The summed E-state index contributed by atoms with van der Waals surface area (Å²) in [5.74, 6) is -5.14. The quantitative estimate of drug-likeness (QED) is 0.0534. The van der Waals surface area contributed by atoms with Crippen LogP contribution in [0.25, 0.3) is 43.4 Å². The second-order valence-electron chi connectivity index (χ2n) is 23.2. The van der Waals surface area contributed by atoms with Gasteiger partial charge in [-0.25, -0.2) is 34.9 Å². The van der Waals surface area contributed by atoms with Crippen LogP contribution >= 0.6 is 68.0 Å². The van der Waals surface area contributed by atoms with Gasteiger partial charge in [0, 0.05) is 68.3 Å². The Morgan fingerprint density at radius 1 is 0.702 bits per heavy atom. The van der Waals surface area contributed by atoms with E-state index in [4.69, 9.17) is 36.1 Å². The summed E-state index contributed by atoms with van der Waals surface area (Å²) in [5.41, 5.74) is 14.8. The molecule has 2 fully saturated rings. The highest BCUT2D eigenvalue weighted by molar-refractivity contribution is 7.15. The molecule has 10 bridgehead atoms. The fourth-order valence-electron chi connectivity index (χ4n) is 11.4. The lowest BCUT2D eigenvalue weighted by Gasteiger charge is -2.29. The van der Waals surface area contributed by atoms with Gasteiger partial charge < -0.3 is 57.7 Å². The molecule has 1 saturated heterocycles. The van der Waals surface area contributed by atoms with E-state index in [0.717, 1.165) is 34.0 Å². The number of fused-ring (bicyclic) bond motifs is 16. The van der Waals surface area contributed by atoms with Crippen molar-refractivity contribution in [2.24, 2.45) is 23.3 Å². The minimum absolute atomic E-state index is 0.00486. The number of rotatable bonds is 13. The number of aliphatic carboxylic acids is 1. The molecule has 94 heavy (non-hydrogen) atoms. The number of nitrogens with one attached hydrogen (secondary N) is 4. The number of aliphatic hydroxyl groups excluding tert-OH is 2. The summed E-state index contributed by atoms with van der Waals surface area (Å²) >= 11 is 6.93. The molecular weight excluding hydrogens is 1320 g/mol. The fraction of sp³-hybridized carbons (Fsp3) is 0.333. The SMILES string of the molecule is Cc1sc2nc1C(=O)N[C@@H]([C@H](O)c1ccccc1)c1nc(cs1)C(=O)N[C@@H](Cc1ccc(OCC(C)N)cc1)C(=O)N1C[C@H](O)[C@H](C)[C@H]1c1nc(cs1)-c1nc(cs1)-c1nc(-c3nc(C(=O)N[C@H]4CC[C@H](C(=O)O)CC4)cs3)ccc1-c1nc(cs1)C(=O)N[C@H]2CC(N)=O. The number of aryl methyl sites for hydroxylation is 1. The van der Waals surface area contributed by atoms with E-state index in [2.05, 4.69) is 36.2 Å². The number of benzene rings is 2. The van der Waals surface area contributed by atoms with E-state index in [0.29, 0.717) is 95.8 Å². The number of hydrogen-bond donors (Lipinski definition) is 9. The Labute approximate surface area is 561 Å². The molecule has 2 aliphatic heterocycles. The minimum atomic E-state index is -1.42. The summed E-state index contributed by atoms with van der Waals surface area (Å²) in [5, 5.41) is 55.1. The van der Waals surface area contributed by atoms with Crippen molar-refractivity contribution in [1.29, 1.82) is 0 Å². The third-order valence-corrected chi connectivity index (χ3v) is 21.9. The van der Waals surface area contributed by atoms with E-state index in [9.17, 15) is 44.1 Å². The van der Waals surface area contributed by atoms with Crippen molar-refractivity contribution >= 4 is 109 Å². The number of pyridine rings is 1. The molecule has 3 aliphatic rings. The van der Waals surface area contributed by atoms with Crippen LogP contribution in [0.15, 0.2) is 93.6 Å². The molecule has 1 aliphatic carbocycles. The largest absolute Gasteiger partial charge is 0.492 e. The number of nitrogens with two attached hydrogens (primary N) is 2. The number of nitrogens with zero attached hydrogens (tertiary/aromatic N) is 8.